The maximum atomic E-state index is 12.6. The minimum absolute atomic E-state index is 0. The van der Waals surface area contributed by atoms with E-state index in [9.17, 15) is 13.2 Å². The Kier molecular flexibility index (Phi) is 11.0. The fourth-order valence-corrected chi connectivity index (χ4v) is 3.53. The third-order valence-corrected chi connectivity index (χ3v) is 5.18. The number of guanidine groups is 1. The number of nitrogens with zero attached hydrogens (tertiary/aromatic N) is 4. The summed E-state index contributed by atoms with van der Waals surface area (Å²) in [5.74, 6) is 1.04. The molecule has 1 aliphatic rings. The first kappa shape index (κ1) is 25.4. The van der Waals surface area contributed by atoms with E-state index in [1.165, 1.54) is 0 Å². The predicted octanol–water partition coefficient (Wildman–Crippen LogP) is 2.72. The Labute approximate surface area is 186 Å². The number of hydrogen-bond donors (Lipinski definition) is 2. The molecule has 0 amide bonds. The van der Waals surface area contributed by atoms with Crippen molar-refractivity contribution in [1.29, 1.82) is 0 Å². The average Bonchev–Trinajstić information content (AvgIpc) is 3.09. The van der Waals surface area contributed by atoms with E-state index in [0.29, 0.717) is 23.4 Å². The van der Waals surface area contributed by atoms with E-state index in [1.54, 1.807) is 0 Å². The van der Waals surface area contributed by atoms with Crippen molar-refractivity contribution in [3.8, 4) is 0 Å². The van der Waals surface area contributed by atoms with E-state index in [0.717, 1.165) is 56.0 Å². The van der Waals surface area contributed by atoms with Crippen LogP contribution in [-0.4, -0.2) is 73.6 Å². The molecule has 11 heteroatoms. The van der Waals surface area contributed by atoms with Crippen molar-refractivity contribution >= 4 is 41.3 Å². The fraction of sp³-hybridized carbons (Fsp3) is 0.765. The summed E-state index contributed by atoms with van der Waals surface area (Å²) in [6, 6.07) is 0. The number of nitrogens with one attached hydrogen (secondary N) is 2. The summed E-state index contributed by atoms with van der Waals surface area (Å²) < 4.78 is 37.9. The number of alkyl halides is 3. The van der Waals surface area contributed by atoms with Crippen LogP contribution >= 0.6 is 35.3 Å². The van der Waals surface area contributed by atoms with E-state index in [1.807, 2.05) is 6.92 Å². The van der Waals surface area contributed by atoms with Crippen molar-refractivity contribution in [2.75, 3.05) is 52.9 Å². The quantitative estimate of drug-likeness (QED) is 0.320. The van der Waals surface area contributed by atoms with E-state index < -0.39 is 11.9 Å². The lowest BCUT2D eigenvalue weighted by Crippen LogP contribution is -2.47. The molecule has 1 aromatic rings. The SMILES string of the molecule is CCNC(=NCc1nc(C(F)(F)F)cs1)NCC(C)CN1CCN(C)CC1.I. The zero-order chi connectivity index (χ0) is 19.9. The van der Waals surface area contributed by atoms with Gasteiger partial charge in [0.1, 0.15) is 5.01 Å². The number of likely N-dealkylation sites (N-methyl/N-ethyl adjacent to an activating group) is 1. The van der Waals surface area contributed by atoms with Gasteiger partial charge in [-0.25, -0.2) is 9.98 Å². The Balaban J connectivity index is 0.00000392. The maximum absolute atomic E-state index is 12.6. The second kappa shape index (κ2) is 12.1. The van der Waals surface area contributed by atoms with Crippen LogP contribution in [0.2, 0.25) is 0 Å². The van der Waals surface area contributed by atoms with Crippen LogP contribution in [0.1, 0.15) is 24.5 Å². The molecule has 0 spiro atoms. The van der Waals surface area contributed by atoms with E-state index in [-0.39, 0.29) is 30.5 Å². The lowest BCUT2D eigenvalue weighted by molar-refractivity contribution is -0.140. The van der Waals surface area contributed by atoms with E-state index in [2.05, 4.69) is 44.4 Å². The van der Waals surface area contributed by atoms with Crippen molar-refractivity contribution in [2.24, 2.45) is 10.9 Å². The predicted molar refractivity (Wildman–Crippen MR) is 118 cm³/mol. The summed E-state index contributed by atoms with van der Waals surface area (Å²) in [5.41, 5.74) is -0.851. The van der Waals surface area contributed by atoms with Gasteiger partial charge in [-0.2, -0.15) is 13.2 Å². The Morgan fingerprint density at radius 1 is 1.29 bits per heavy atom. The van der Waals surface area contributed by atoms with Gasteiger partial charge in [0, 0.05) is 51.2 Å². The Morgan fingerprint density at radius 3 is 2.54 bits per heavy atom. The van der Waals surface area contributed by atoms with Crippen molar-refractivity contribution in [2.45, 2.75) is 26.6 Å². The Bertz CT molecular complexity index is 602. The highest BCUT2D eigenvalue weighted by Gasteiger charge is 2.33. The van der Waals surface area contributed by atoms with Crippen LogP contribution < -0.4 is 10.6 Å². The lowest BCUT2D eigenvalue weighted by Gasteiger charge is -2.34. The second-order valence-corrected chi connectivity index (χ2v) is 7.85. The van der Waals surface area contributed by atoms with Gasteiger partial charge in [0.15, 0.2) is 11.7 Å². The molecule has 1 fully saturated rings. The van der Waals surface area contributed by atoms with Crippen LogP contribution in [0.4, 0.5) is 13.2 Å². The van der Waals surface area contributed by atoms with Gasteiger partial charge in [-0.15, -0.1) is 35.3 Å². The number of rotatable bonds is 7. The third-order valence-electron chi connectivity index (χ3n) is 4.34. The molecule has 1 atom stereocenters. The van der Waals surface area contributed by atoms with Gasteiger partial charge in [-0.1, -0.05) is 6.92 Å². The standard InChI is InChI=1S/C17H29F3N6S.HI/c1-4-21-16(23-10-15-24-14(12-27-15)17(18,19)20)22-9-13(2)11-26-7-5-25(3)6-8-26;/h12-13H,4-11H2,1-3H3,(H2,21,22,23);1H. The number of aromatic nitrogens is 1. The summed E-state index contributed by atoms with van der Waals surface area (Å²) in [4.78, 5) is 12.8. The topological polar surface area (TPSA) is 55.8 Å². The minimum atomic E-state index is -4.40. The van der Waals surface area contributed by atoms with Crippen molar-refractivity contribution in [1.82, 2.24) is 25.4 Å². The van der Waals surface area contributed by atoms with Gasteiger partial charge < -0.3 is 20.4 Å². The molecule has 2 heterocycles. The van der Waals surface area contributed by atoms with Gasteiger partial charge in [-0.3, -0.25) is 0 Å². The maximum Gasteiger partial charge on any atom is 0.434 e. The molecule has 1 saturated heterocycles. The molecule has 162 valence electrons. The first-order valence-electron chi connectivity index (χ1n) is 9.22. The van der Waals surface area contributed by atoms with Crippen LogP contribution in [0.3, 0.4) is 0 Å². The molecule has 28 heavy (non-hydrogen) atoms. The van der Waals surface area contributed by atoms with Crippen molar-refractivity contribution < 1.29 is 13.2 Å². The summed E-state index contributed by atoms with van der Waals surface area (Å²) in [7, 11) is 2.14. The summed E-state index contributed by atoms with van der Waals surface area (Å²) in [5, 5.41) is 7.79. The number of thiazole rings is 1. The minimum Gasteiger partial charge on any atom is -0.357 e. The molecule has 0 saturated carbocycles. The molecule has 0 aliphatic carbocycles. The summed E-state index contributed by atoms with van der Waals surface area (Å²) in [6.07, 6.45) is -4.40. The Morgan fingerprint density at radius 2 is 1.96 bits per heavy atom. The molecule has 2 rings (SSSR count). The monoisotopic (exact) mass is 534 g/mol. The van der Waals surface area contributed by atoms with Crippen LogP contribution in [0, 0.1) is 5.92 Å². The molecule has 1 aliphatic heterocycles. The second-order valence-electron chi connectivity index (χ2n) is 6.91. The van der Waals surface area contributed by atoms with Crippen LogP contribution in [0.25, 0.3) is 0 Å². The van der Waals surface area contributed by atoms with E-state index in [4.69, 9.17) is 0 Å². The Hall–Kier alpha value is -0.660. The largest absolute Gasteiger partial charge is 0.434 e. The van der Waals surface area contributed by atoms with Gasteiger partial charge >= 0.3 is 6.18 Å². The molecule has 0 aromatic carbocycles. The molecule has 6 nitrogen and oxygen atoms in total. The highest BCUT2D eigenvalue weighted by atomic mass is 127. The van der Waals surface area contributed by atoms with Gasteiger partial charge in [0.25, 0.3) is 0 Å². The smallest absolute Gasteiger partial charge is 0.357 e. The number of hydrogen-bond acceptors (Lipinski definition) is 5. The fourth-order valence-electron chi connectivity index (χ4n) is 2.81. The van der Waals surface area contributed by atoms with Gasteiger partial charge in [-0.05, 0) is 19.9 Å². The molecule has 1 unspecified atom stereocenters. The molecule has 0 bridgehead atoms. The zero-order valence-electron chi connectivity index (χ0n) is 16.6. The molecular formula is C17H30F3IN6S. The van der Waals surface area contributed by atoms with Gasteiger partial charge in [0.2, 0.25) is 0 Å². The van der Waals surface area contributed by atoms with Crippen LogP contribution in [0.15, 0.2) is 10.4 Å². The summed E-state index contributed by atoms with van der Waals surface area (Å²) >= 11 is 0.980. The molecule has 0 radical (unpaired) electrons. The normalized spacial score (nSPS) is 17.9. The summed E-state index contributed by atoms with van der Waals surface area (Å²) in [6.45, 7) is 11.1. The van der Waals surface area contributed by atoms with Gasteiger partial charge in [0.05, 0.1) is 6.54 Å². The average molecular weight is 534 g/mol. The number of aliphatic imine (C=N–C) groups is 1. The van der Waals surface area contributed by atoms with Crippen molar-refractivity contribution in [3.05, 3.63) is 16.1 Å². The highest BCUT2D eigenvalue weighted by Crippen LogP contribution is 2.30. The molecular weight excluding hydrogens is 504 g/mol. The first-order chi connectivity index (χ1) is 12.8. The van der Waals surface area contributed by atoms with Crippen LogP contribution in [-0.2, 0) is 12.7 Å². The zero-order valence-corrected chi connectivity index (χ0v) is 19.7. The molecule has 2 N–H and O–H groups in total. The first-order valence-corrected chi connectivity index (χ1v) is 10.1. The number of piperazine rings is 1. The van der Waals surface area contributed by atoms with Crippen LogP contribution in [0.5, 0.6) is 0 Å². The highest BCUT2D eigenvalue weighted by molar-refractivity contribution is 14.0. The molecule has 1 aromatic heterocycles. The number of halogens is 4. The van der Waals surface area contributed by atoms with Crippen molar-refractivity contribution in [3.63, 3.8) is 0 Å². The van der Waals surface area contributed by atoms with E-state index >= 15 is 0 Å². The third kappa shape index (κ3) is 8.78. The lowest BCUT2D eigenvalue weighted by atomic mass is 10.1.